The first-order valence-electron chi connectivity index (χ1n) is 8.11. The van der Waals surface area contributed by atoms with Gasteiger partial charge in [-0.2, -0.15) is 0 Å². The van der Waals surface area contributed by atoms with Gasteiger partial charge in [-0.1, -0.05) is 12.1 Å². The molecule has 1 aliphatic heterocycles. The fraction of sp³-hybridized carbons (Fsp3) is 0.353. The van der Waals surface area contributed by atoms with E-state index in [1.165, 1.54) is 4.70 Å². The Morgan fingerprint density at radius 3 is 3.12 bits per heavy atom. The topological polar surface area (TPSA) is 63.1 Å². The minimum absolute atomic E-state index is 0.0658. The van der Waals surface area contributed by atoms with Gasteiger partial charge in [-0.05, 0) is 12.1 Å². The zero-order valence-electron chi connectivity index (χ0n) is 13.3. The maximum absolute atomic E-state index is 12.1. The van der Waals surface area contributed by atoms with E-state index in [9.17, 15) is 4.79 Å². The van der Waals surface area contributed by atoms with Crippen LogP contribution in [-0.4, -0.2) is 45.0 Å². The summed E-state index contributed by atoms with van der Waals surface area (Å²) >= 11 is 1.69. The van der Waals surface area contributed by atoms with Gasteiger partial charge < -0.3 is 9.88 Å². The zero-order valence-corrected chi connectivity index (χ0v) is 14.1. The Balaban J connectivity index is 1.25. The number of benzene rings is 1. The summed E-state index contributed by atoms with van der Waals surface area (Å²) in [6.45, 7) is 3.56. The van der Waals surface area contributed by atoms with E-state index in [1.54, 1.807) is 11.3 Å². The van der Waals surface area contributed by atoms with Crippen LogP contribution in [0.15, 0.2) is 36.7 Å². The molecule has 0 unspecified atom stereocenters. The molecule has 0 saturated heterocycles. The fourth-order valence-electron chi connectivity index (χ4n) is 2.95. The molecule has 4 rings (SSSR count). The Kier molecular flexibility index (Phi) is 4.27. The van der Waals surface area contributed by atoms with Crippen molar-refractivity contribution in [1.82, 2.24) is 24.8 Å². The van der Waals surface area contributed by atoms with Gasteiger partial charge in [-0.3, -0.25) is 9.69 Å². The third-order valence-corrected chi connectivity index (χ3v) is 5.29. The summed E-state index contributed by atoms with van der Waals surface area (Å²) in [5.41, 5.74) is 1.03. The smallest absolute Gasteiger partial charge is 0.234 e. The van der Waals surface area contributed by atoms with E-state index in [4.69, 9.17) is 0 Å². The normalized spacial score (nSPS) is 14.7. The number of nitrogens with one attached hydrogen (secondary N) is 1. The molecule has 0 spiro atoms. The summed E-state index contributed by atoms with van der Waals surface area (Å²) in [6, 6.07) is 8.12. The second kappa shape index (κ2) is 6.70. The predicted molar refractivity (Wildman–Crippen MR) is 93.8 cm³/mol. The molecule has 6 nitrogen and oxygen atoms in total. The molecule has 2 aromatic heterocycles. The van der Waals surface area contributed by atoms with E-state index in [-0.39, 0.29) is 5.91 Å². The Morgan fingerprint density at radius 2 is 2.21 bits per heavy atom. The maximum atomic E-state index is 12.1. The lowest BCUT2D eigenvalue weighted by Crippen LogP contribution is -2.41. The number of nitrogens with zero attached hydrogens (tertiary/aromatic N) is 4. The number of imidazole rings is 1. The molecule has 1 aliphatic rings. The van der Waals surface area contributed by atoms with Crippen molar-refractivity contribution in [3.05, 3.63) is 47.5 Å². The Hall–Kier alpha value is -2.25. The van der Waals surface area contributed by atoms with E-state index < -0.39 is 0 Å². The molecule has 0 fully saturated rings. The number of thiazole rings is 1. The standard InChI is InChI=1S/C17H19N5OS/c23-16(12-21-9-10-22-8-7-18-15(22)11-21)19-6-5-17-20-13-3-1-2-4-14(13)24-17/h1-4,7-8H,5-6,9-12H2,(H,19,23). The first-order chi connectivity index (χ1) is 11.8. The van der Waals surface area contributed by atoms with Gasteiger partial charge in [-0.15, -0.1) is 11.3 Å². The SMILES string of the molecule is O=C(CN1CCn2ccnc2C1)NCCc1nc2ccccc2s1. The molecule has 0 radical (unpaired) electrons. The summed E-state index contributed by atoms with van der Waals surface area (Å²) in [4.78, 5) is 23.2. The molecule has 0 aliphatic carbocycles. The van der Waals surface area contributed by atoms with Crippen LogP contribution in [0.3, 0.4) is 0 Å². The molecule has 3 heterocycles. The molecule has 0 atom stereocenters. The molecule has 124 valence electrons. The summed E-state index contributed by atoms with van der Waals surface area (Å²) in [7, 11) is 0. The van der Waals surface area contributed by atoms with Crippen molar-refractivity contribution in [2.45, 2.75) is 19.5 Å². The molecule has 0 saturated carbocycles. The zero-order chi connectivity index (χ0) is 16.4. The van der Waals surface area contributed by atoms with Crippen molar-refractivity contribution in [2.75, 3.05) is 19.6 Å². The molecule has 1 aromatic carbocycles. The summed E-state index contributed by atoms with van der Waals surface area (Å²) in [5, 5.41) is 4.07. The van der Waals surface area contributed by atoms with Gasteiger partial charge in [0.25, 0.3) is 0 Å². The van der Waals surface area contributed by atoms with Gasteiger partial charge in [0, 0.05) is 38.4 Å². The van der Waals surface area contributed by atoms with E-state index in [1.807, 2.05) is 30.6 Å². The minimum Gasteiger partial charge on any atom is -0.355 e. The van der Waals surface area contributed by atoms with Crippen molar-refractivity contribution in [3.8, 4) is 0 Å². The number of hydrogen-bond donors (Lipinski definition) is 1. The van der Waals surface area contributed by atoms with Crippen LogP contribution < -0.4 is 5.32 Å². The van der Waals surface area contributed by atoms with Crippen molar-refractivity contribution in [3.63, 3.8) is 0 Å². The van der Waals surface area contributed by atoms with Crippen molar-refractivity contribution >= 4 is 27.5 Å². The highest BCUT2D eigenvalue weighted by molar-refractivity contribution is 7.18. The van der Waals surface area contributed by atoms with Gasteiger partial charge in [0.15, 0.2) is 0 Å². The van der Waals surface area contributed by atoms with Gasteiger partial charge in [0.1, 0.15) is 5.82 Å². The molecule has 0 bridgehead atoms. The third kappa shape index (κ3) is 3.32. The quantitative estimate of drug-likeness (QED) is 0.767. The van der Waals surface area contributed by atoms with Crippen molar-refractivity contribution in [2.24, 2.45) is 0 Å². The number of rotatable bonds is 5. The number of amides is 1. The van der Waals surface area contributed by atoms with Crippen molar-refractivity contribution < 1.29 is 4.79 Å². The van der Waals surface area contributed by atoms with Gasteiger partial charge in [0.05, 0.1) is 28.3 Å². The van der Waals surface area contributed by atoms with Crippen molar-refractivity contribution in [1.29, 1.82) is 0 Å². The molecule has 3 aromatic rings. The first kappa shape index (κ1) is 15.3. The van der Waals surface area contributed by atoms with E-state index in [0.717, 1.165) is 42.4 Å². The van der Waals surface area contributed by atoms with Crippen LogP contribution in [0.25, 0.3) is 10.2 Å². The number of aromatic nitrogens is 3. The lowest BCUT2D eigenvalue weighted by atomic mass is 10.3. The highest BCUT2D eigenvalue weighted by atomic mass is 32.1. The lowest BCUT2D eigenvalue weighted by molar-refractivity contribution is -0.122. The predicted octanol–water partition coefficient (Wildman–Crippen LogP) is 1.67. The number of para-hydroxylation sites is 1. The number of carbonyl (C=O) groups excluding carboxylic acids is 1. The summed E-state index contributed by atoms with van der Waals surface area (Å²) in [6.07, 6.45) is 4.58. The van der Waals surface area contributed by atoms with Crippen LogP contribution in [0.1, 0.15) is 10.8 Å². The monoisotopic (exact) mass is 341 g/mol. The van der Waals surface area contributed by atoms with Gasteiger partial charge in [-0.25, -0.2) is 9.97 Å². The highest BCUT2D eigenvalue weighted by Gasteiger charge is 2.18. The molecule has 7 heteroatoms. The van der Waals surface area contributed by atoms with Gasteiger partial charge in [0.2, 0.25) is 5.91 Å². The molecule has 1 amide bonds. The Bertz CT molecular complexity index is 822. The van der Waals surface area contributed by atoms with Gasteiger partial charge >= 0.3 is 0 Å². The summed E-state index contributed by atoms with van der Waals surface area (Å²) < 4.78 is 3.34. The highest BCUT2D eigenvalue weighted by Crippen LogP contribution is 2.21. The van der Waals surface area contributed by atoms with Crippen LogP contribution in [-0.2, 0) is 24.3 Å². The Morgan fingerprint density at radius 1 is 1.29 bits per heavy atom. The van der Waals surface area contributed by atoms with Crippen LogP contribution in [0, 0.1) is 0 Å². The second-order valence-electron chi connectivity index (χ2n) is 5.92. The Labute approximate surface area is 144 Å². The molecular weight excluding hydrogens is 322 g/mol. The third-order valence-electron chi connectivity index (χ3n) is 4.19. The molecule has 24 heavy (non-hydrogen) atoms. The van der Waals surface area contributed by atoms with E-state index >= 15 is 0 Å². The van der Waals surface area contributed by atoms with Crippen LogP contribution >= 0.6 is 11.3 Å². The average Bonchev–Trinajstić information content (AvgIpc) is 3.20. The van der Waals surface area contributed by atoms with Crippen LogP contribution in [0.5, 0.6) is 0 Å². The summed E-state index contributed by atoms with van der Waals surface area (Å²) in [5.74, 6) is 1.10. The average molecular weight is 341 g/mol. The molecular formula is C17H19N5OS. The number of carbonyl (C=O) groups is 1. The fourth-order valence-corrected chi connectivity index (χ4v) is 3.92. The van der Waals surface area contributed by atoms with E-state index in [2.05, 4.69) is 30.8 Å². The first-order valence-corrected chi connectivity index (χ1v) is 8.93. The largest absolute Gasteiger partial charge is 0.355 e. The molecule has 1 N–H and O–H groups in total. The minimum atomic E-state index is 0.0658. The number of hydrogen-bond acceptors (Lipinski definition) is 5. The van der Waals surface area contributed by atoms with Crippen LogP contribution in [0.4, 0.5) is 0 Å². The van der Waals surface area contributed by atoms with E-state index in [0.29, 0.717) is 13.1 Å². The number of fused-ring (bicyclic) bond motifs is 2. The lowest BCUT2D eigenvalue weighted by Gasteiger charge is -2.26. The second-order valence-corrected chi connectivity index (χ2v) is 7.04. The van der Waals surface area contributed by atoms with Crippen LogP contribution in [0.2, 0.25) is 0 Å². The maximum Gasteiger partial charge on any atom is 0.234 e.